The normalized spacial score (nSPS) is 27.5. The van der Waals surface area contributed by atoms with Gasteiger partial charge in [0.25, 0.3) is 11.8 Å². The Hall–Kier alpha value is -1.85. The van der Waals surface area contributed by atoms with E-state index in [-0.39, 0.29) is 11.8 Å². The summed E-state index contributed by atoms with van der Waals surface area (Å²) in [5, 5.41) is 4.32. The van der Waals surface area contributed by atoms with Crippen molar-refractivity contribution in [3.8, 4) is 0 Å². The summed E-state index contributed by atoms with van der Waals surface area (Å²) in [5.41, 5.74) is 4.01. The third kappa shape index (κ3) is 3.51. The highest BCUT2D eigenvalue weighted by molar-refractivity contribution is 6.40. The molecule has 26 heavy (non-hydrogen) atoms. The maximum Gasteiger partial charge on any atom is 0.272 e. The molecule has 0 bridgehead atoms. The Morgan fingerprint density at radius 1 is 0.846 bits per heavy atom. The van der Waals surface area contributed by atoms with Crippen molar-refractivity contribution >= 4 is 17.5 Å². The highest BCUT2D eigenvalue weighted by Gasteiger charge is 2.35. The minimum absolute atomic E-state index is 0.0378. The quantitative estimate of drug-likeness (QED) is 0.786. The molecule has 2 saturated carbocycles. The summed E-state index contributed by atoms with van der Waals surface area (Å²) in [6.07, 6.45) is 14.5. The van der Waals surface area contributed by atoms with Crippen molar-refractivity contribution in [2.24, 2.45) is 5.10 Å². The average Bonchev–Trinajstić information content (AvgIpc) is 3.24. The molecule has 0 spiro atoms. The third-order valence-electron chi connectivity index (χ3n) is 6.42. The van der Waals surface area contributed by atoms with E-state index < -0.39 is 0 Å². The molecule has 1 saturated heterocycles. The first kappa shape index (κ1) is 17.6. The molecule has 142 valence electrons. The first-order valence-corrected chi connectivity index (χ1v) is 10.4. The summed E-state index contributed by atoms with van der Waals surface area (Å²) >= 11 is 0. The van der Waals surface area contributed by atoms with Gasteiger partial charge in [0.05, 0.1) is 0 Å². The standard InChI is InChI=1S/C20H30N4O2/c25-19-17(11-13-23(19)15-7-3-1-4-8-15)21-22-18-12-14-24(20(18)26)16-9-5-2-6-10-16/h11,15-16,21H,1-10,12-14H2/b22-18+. The first-order chi connectivity index (χ1) is 12.7. The van der Waals surface area contributed by atoms with Crippen molar-refractivity contribution in [1.29, 1.82) is 0 Å². The minimum Gasteiger partial charge on any atom is -0.334 e. The molecular weight excluding hydrogens is 328 g/mol. The fraction of sp³-hybridized carbons (Fsp3) is 0.750. The molecule has 2 aliphatic carbocycles. The van der Waals surface area contributed by atoms with Gasteiger partial charge in [-0.3, -0.25) is 15.0 Å². The van der Waals surface area contributed by atoms with E-state index in [1.807, 2.05) is 15.9 Å². The van der Waals surface area contributed by atoms with Gasteiger partial charge in [-0.2, -0.15) is 5.10 Å². The van der Waals surface area contributed by atoms with Crippen molar-refractivity contribution in [3.05, 3.63) is 11.8 Å². The molecule has 0 aromatic rings. The fourth-order valence-electron chi connectivity index (χ4n) is 4.89. The van der Waals surface area contributed by atoms with E-state index in [0.29, 0.717) is 36.5 Å². The summed E-state index contributed by atoms with van der Waals surface area (Å²) in [5.74, 6) is 0.0930. The number of nitrogens with one attached hydrogen (secondary N) is 1. The predicted molar refractivity (Wildman–Crippen MR) is 100 cm³/mol. The monoisotopic (exact) mass is 358 g/mol. The van der Waals surface area contributed by atoms with Crippen molar-refractivity contribution in [2.45, 2.75) is 82.7 Å². The van der Waals surface area contributed by atoms with Gasteiger partial charge < -0.3 is 9.80 Å². The predicted octanol–water partition coefficient (Wildman–Crippen LogP) is 2.56. The highest BCUT2D eigenvalue weighted by atomic mass is 16.2. The Labute approximate surface area is 155 Å². The number of carbonyl (C=O) groups excluding carboxylic acids is 2. The average molecular weight is 358 g/mol. The number of rotatable bonds is 4. The molecule has 3 fully saturated rings. The molecule has 4 rings (SSSR count). The molecule has 0 aromatic heterocycles. The maximum atomic E-state index is 12.6. The van der Waals surface area contributed by atoms with Crippen LogP contribution in [0.5, 0.6) is 0 Å². The molecule has 0 atom stereocenters. The van der Waals surface area contributed by atoms with E-state index in [1.54, 1.807) is 0 Å². The largest absolute Gasteiger partial charge is 0.334 e. The van der Waals surface area contributed by atoms with Gasteiger partial charge in [0.1, 0.15) is 11.4 Å². The van der Waals surface area contributed by atoms with Crippen LogP contribution in [0.2, 0.25) is 0 Å². The molecule has 0 radical (unpaired) electrons. The number of carbonyl (C=O) groups is 2. The summed E-state index contributed by atoms with van der Waals surface area (Å²) < 4.78 is 0. The van der Waals surface area contributed by atoms with Crippen LogP contribution in [-0.2, 0) is 9.59 Å². The SMILES string of the molecule is O=C1C(N/N=C2\CCN(C3CCCCC3)C2=O)=CCN1C1CCCCC1. The Bertz CT molecular complexity index is 615. The van der Waals surface area contributed by atoms with Gasteiger partial charge in [0, 0.05) is 31.6 Å². The summed E-state index contributed by atoms with van der Waals surface area (Å²) in [4.78, 5) is 29.2. The number of hydrogen-bond donors (Lipinski definition) is 1. The maximum absolute atomic E-state index is 12.6. The van der Waals surface area contributed by atoms with E-state index in [1.165, 1.54) is 38.5 Å². The molecule has 2 heterocycles. The Balaban J connectivity index is 1.33. The van der Waals surface area contributed by atoms with Crippen LogP contribution >= 0.6 is 0 Å². The van der Waals surface area contributed by atoms with E-state index >= 15 is 0 Å². The van der Waals surface area contributed by atoms with E-state index in [2.05, 4.69) is 10.5 Å². The molecule has 2 aliphatic heterocycles. The van der Waals surface area contributed by atoms with Gasteiger partial charge in [-0.1, -0.05) is 38.5 Å². The number of hydrazone groups is 1. The molecule has 0 aromatic carbocycles. The second kappa shape index (κ2) is 7.80. The molecule has 6 nitrogen and oxygen atoms in total. The highest BCUT2D eigenvalue weighted by Crippen LogP contribution is 2.27. The number of hydrogen-bond acceptors (Lipinski definition) is 4. The summed E-state index contributed by atoms with van der Waals surface area (Å²) in [7, 11) is 0. The van der Waals surface area contributed by atoms with Crippen molar-refractivity contribution in [2.75, 3.05) is 13.1 Å². The van der Waals surface area contributed by atoms with Gasteiger partial charge in [-0.25, -0.2) is 0 Å². The molecule has 0 unspecified atom stereocenters. The van der Waals surface area contributed by atoms with Gasteiger partial charge in [-0.15, -0.1) is 0 Å². The van der Waals surface area contributed by atoms with Crippen LogP contribution < -0.4 is 5.43 Å². The number of nitrogens with zero attached hydrogens (tertiary/aromatic N) is 3. The summed E-state index contributed by atoms with van der Waals surface area (Å²) in [6.45, 7) is 1.43. The van der Waals surface area contributed by atoms with E-state index in [0.717, 1.165) is 32.2 Å². The lowest BCUT2D eigenvalue weighted by Gasteiger charge is -2.31. The van der Waals surface area contributed by atoms with Gasteiger partial charge >= 0.3 is 0 Å². The Morgan fingerprint density at radius 2 is 1.46 bits per heavy atom. The Kier molecular flexibility index (Phi) is 5.27. The molecule has 4 aliphatic rings. The zero-order valence-corrected chi connectivity index (χ0v) is 15.6. The molecule has 1 N–H and O–H groups in total. The third-order valence-corrected chi connectivity index (χ3v) is 6.42. The molecule has 6 heteroatoms. The second-order valence-electron chi connectivity index (χ2n) is 8.08. The Morgan fingerprint density at radius 3 is 2.12 bits per heavy atom. The van der Waals surface area contributed by atoms with E-state index in [4.69, 9.17) is 0 Å². The van der Waals surface area contributed by atoms with Crippen LogP contribution in [0.25, 0.3) is 0 Å². The van der Waals surface area contributed by atoms with Gasteiger partial charge in [0.15, 0.2) is 0 Å². The number of amides is 2. The van der Waals surface area contributed by atoms with Crippen LogP contribution in [-0.4, -0.2) is 52.5 Å². The topological polar surface area (TPSA) is 65.0 Å². The molecular formula is C20H30N4O2. The fourth-order valence-corrected chi connectivity index (χ4v) is 4.89. The minimum atomic E-state index is 0.0378. The van der Waals surface area contributed by atoms with Crippen molar-refractivity contribution < 1.29 is 9.59 Å². The molecule has 2 amide bonds. The lowest BCUT2D eigenvalue weighted by atomic mass is 9.94. The van der Waals surface area contributed by atoms with Crippen LogP contribution in [0.3, 0.4) is 0 Å². The second-order valence-corrected chi connectivity index (χ2v) is 8.08. The lowest BCUT2D eigenvalue weighted by molar-refractivity contribution is -0.128. The van der Waals surface area contributed by atoms with Crippen LogP contribution in [0.4, 0.5) is 0 Å². The van der Waals surface area contributed by atoms with Crippen molar-refractivity contribution in [1.82, 2.24) is 15.2 Å². The van der Waals surface area contributed by atoms with Crippen LogP contribution in [0.15, 0.2) is 16.9 Å². The van der Waals surface area contributed by atoms with Crippen LogP contribution in [0.1, 0.15) is 70.6 Å². The van der Waals surface area contributed by atoms with Gasteiger partial charge in [0.2, 0.25) is 0 Å². The first-order valence-electron chi connectivity index (χ1n) is 10.4. The lowest BCUT2D eigenvalue weighted by Crippen LogP contribution is -2.40. The van der Waals surface area contributed by atoms with E-state index in [9.17, 15) is 9.59 Å². The van der Waals surface area contributed by atoms with Crippen LogP contribution in [0, 0.1) is 0 Å². The van der Waals surface area contributed by atoms with Crippen molar-refractivity contribution in [3.63, 3.8) is 0 Å². The zero-order chi connectivity index (χ0) is 17.9. The summed E-state index contributed by atoms with van der Waals surface area (Å²) in [6, 6.07) is 0.757. The zero-order valence-electron chi connectivity index (χ0n) is 15.6. The number of likely N-dealkylation sites (tertiary alicyclic amines) is 1. The van der Waals surface area contributed by atoms with Gasteiger partial charge in [-0.05, 0) is 31.8 Å². The smallest absolute Gasteiger partial charge is 0.272 e.